The molecular weight excluding hydrogens is 1880 g/mol. The van der Waals surface area contributed by atoms with Crippen molar-refractivity contribution in [3.05, 3.63) is 85.6 Å². The van der Waals surface area contributed by atoms with Crippen molar-refractivity contribution in [2.75, 3.05) is 92.5 Å². The molecule has 0 aromatic carbocycles. The molecule has 140 heavy (non-hydrogen) atoms. The molecule has 14 saturated heterocycles. The molecule has 0 spiro atoms. The van der Waals surface area contributed by atoms with Crippen molar-refractivity contribution in [3.63, 3.8) is 0 Å². The molecule has 0 saturated carbocycles. The lowest BCUT2D eigenvalue weighted by atomic mass is 10.0. The first-order chi connectivity index (χ1) is 66.4. The van der Waals surface area contributed by atoms with E-state index < -0.39 is 218 Å². The average molecular weight is 2000 g/mol. The zero-order chi connectivity index (χ0) is 103. The van der Waals surface area contributed by atoms with Crippen LogP contribution in [-0.4, -0.2) is 403 Å². The van der Waals surface area contributed by atoms with Gasteiger partial charge in [-0.05, 0) is 26.0 Å². The number of ether oxygens (including phenoxy) is 24. The number of esters is 10. The Morgan fingerprint density at radius 1 is 0.229 bits per heavy atom. The summed E-state index contributed by atoms with van der Waals surface area (Å²) in [6.07, 6.45) is -6.12. The van der Waals surface area contributed by atoms with Crippen LogP contribution in [0.5, 0.6) is 0 Å². The minimum absolute atomic E-state index is 0.00315. The molecule has 0 aromatic rings. The molecule has 14 fully saturated rings. The summed E-state index contributed by atoms with van der Waals surface area (Å²) in [5, 5.41) is 88.1. The maximum Gasteiger partial charge on any atom is 0.331 e. The molecular formula is C89H116O51. The van der Waals surface area contributed by atoms with Gasteiger partial charge in [-0.25, -0.2) is 28.8 Å². The van der Waals surface area contributed by atoms with E-state index in [0.29, 0.717) is 44.3 Å². The molecule has 14 aliphatic heterocycles. The SMILES string of the molecule is C=C(O)CCC(=O)O[C@@H]1CO[C@H]2[C@@H]1OC[C@H]2OC(=O)CCC(=O)O.C=C(O)CCC(=O)O[C@H]1CO[C@H]2[C@@H]1OC[C@H]2O.C=C(O)CCC(=O)O[C@H]1CO[C@H]2[C@@H]1OC[C@H]2OC(=O)CCC(=O)O.CC(=O)/C=C/C(=O)O[C@H]1CO[C@H]2[C@@H]1OC[C@@H]2O.CC(=O)/C=C/C(=O)O[C@H]1CO[C@H]2[C@@H]1OC[C@@H]2OC(=O)/C=C/C(=O)O.C[C@H]1CO[C@H]2[C@@H]1OC[C@@H]2OC(=O)/C=C/C(=O)O.C[C@H]1CO[C@H]2[C@@H]1OC[C@H]2OC(=O)CCC(=O)O. The summed E-state index contributed by atoms with van der Waals surface area (Å²) in [7, 11) is 0. The number of carbonyl (C=O) groups excluding carboxylic acids is 12. The van der Waals surface area contributed by atoms with Crippen molar-refractivity contribution in [1.29, 1.82) is 0 Å². The van der Waals surface area contributed by atoms with Crippen molar-refractivity contribution in [2.24, 2.45) is 11.8 Å². The number of carboxylic acid groups (broad SMARTS) is 5. The molecule has 0 aliphatic carbocycles. The van der Waals surface area contributed by atoms with Crippen LogP contribution in [0.1, 0.15) is 105 Å². The fraction of sp³-hybridized carbons (Fsp3) is 0.652. The van der Waals surface area contributed by atoms with Crippen molar-refractivity contribution >= 4 is 101 Å². The Hall–Kier alpha value is -11.7. The average Bonchev–Trinajstić information content (AvgIpc) is 1.62. The van der Waals surface area contributed by atoms with E-state index in [4.69, 9.17) is 155 Å². The third-order valence-corrected chi connectivity index (χ3v) is 22.2. The van der Waals surface area contributed by atoms with Gasteiger partial charge in [0.1, 0.15) is 85.5 Å². The van der Waals surface area contributed by atoms with Crippen molar-refractivity contribution in [1.82, 2.24) is 0 Å². The van der Waals surface area contributed by atoms with E-state index in [9.17, 15) is 91.7 Å². The zero-order valence-corrected chi connectivity index (χ0v) is 76.5. The third kappa shape index (κ3) is 36.8. The fourth-order valence-corrected chi connectivity index (χ4v) is 15.6. The Bertz CT molecular complexity index is 4110. The Morgan fingerprint density at radius 3 is 0.607 bits per heavy atom. The molecule has 10 N–H and O–H groups in total. The van der Waals surface area contributed by atoms with E-state index in [1.165, 1.54) is 13.8 Å². The minimum Gasteiger partial charge on any atom is -0.513 e. The van der Waals surface area contributed by atoms with Gasteiger partial charge in [-0.15, -0.1) is 0 Å². The van der Waals surface area contributed by atoms with E-state index in [-0.39, 0.29) is 202 Å². The standard InChI is InChI=1S/2C15H20O9.C15H16O9.C11H16O6.C11H14O6.C11H16O6.C11H14O6/c3*1-8(16)2-4-12(19)23-9-6-21-15-10(7-22-14(9)15)24-13(20)5-3-11(17)18;2*1-6-4-15-11-7(5-16-10(6)11)17-9(14)3-2-8(12)13;2*1-6(12)2-3-9(14)17-8-5-16-10-7(13)4-15-11(8)10/h2*9-10,14-16H,1-7H2,(H,17,18);2-5,9-10,14-15H,6-7H2,1H3,(H,17,18);6-7,10-11H,2-5H2,1H3,(H,12,13);2-3,6-7,10-11H,4-5H2,1H3,(H,12,13);7-8,10-13H,1-5H2;2-3,7-8,10-11,13H,4-5H2,1H3/b;;4-2+,5-3+;;3-2+;;3-2+/t9-,10+,14+,15+;9-,10-,14-,15-;9-,10-,14+,15+;6-,7+,10+,11+;6-,7-,10+,11+;7-,8+,10-,11-;7-,8-,10+,11+/m0100010/s1. The smallest absolute Gasteiger partial charge is 0.331 e. The third-order valence-electron chi connectivity index (χ3n) is 22.2. The van der Waals surface area contributed by atoms with Gasteiger partial charge in [0.25, 0.3) is 0 Å². The summed E-state index contributed by atoms with van der Waals surface area (Å²) in [5.74, 6) is -11.9. The van der Waals surface area contributed by atoms with Crippen molar-refractivity contribution < 1.29 is 246 Å². The fourth-order valence-electron chi connectivity index (χ4n) is 15.6. The number of allylic oxidation sites excluding steroid dienone is 5. The Kier molecular flexibility index (Phi) is 45.5. The molecule has 51 heteroatoms. The van der Waals surface area contributed by atoms with Crippen LogP contribution in [0.2, 0.25) is 0 Å². The first-order valence-corrected chi connectivity index (χ1v) is 44.3. The van der Waals surface area contributed by atoms with Crippen LogP contribution in [0.3, 0.4) is 0 Å². The molecule has 0 radical (unpaired) electrons. The van der Waals surface area contributed by atoms with Crippen LogP contribution < -0.4 is 0 Å². The van der Waals surface area contributed by atoms with Gasteiger partial charge in [-0.3, -0.25) is 52.7 Å². The second-order valence-electron chi connectivity index (χ2n) is 33.4. The number of carboxylic acids is 5. The van der Waals surface area contributed by atoms with Crippen LogP contribution in [-0.2, 0) is 195 Å². The lowest BCUT2D eigenvalue weighted by Gasteiger charge is -2.17. The molecule has 0 aromatic heterocycles. The molecule has 0 unspecified atom stereocenters. The highest BCUT2D eigenvalue weighted by atomic mass is 16.7. The lowest BCUT2D eigenvalue weighted by Crippen LogP contribution is -2.36. The van der Waals surface area contributed by atoms with Gasteiger partial charge in [0.05, 0.1) is 180 Å². The largest absolute Gasteiger partial charge is 0.513 e. The second-order valence-corrected chi connectivity index (χ2v) is 33.4. The van der Waals surface area contributed by atoms with Crippen LogP contribution in [0.4, 0.5) is 0 Å². The monoisotopic (exact) mass is 2000 g/mol. The van der Waals surface area contributed by atoms with Crippen molar-refractivity contribution in [3.8, 4) is 0 Å². The van der Waals surface area contributed by atoms with Gasteiger partial charge in [0, 0.05) is 67.6 Å². The second kappa shape index (κ2) is 56.1. The predicted octanol–water partition coefficient (Wildman–Crippen LogP) is -0.678. The van der Waals surface area contributed by atoms with E-state index in [2.05, 4.69) is 19.7 Å². The van der Waals surface area contributed by atoms with Crippen molar-refractivity contribution in [2.45, 2.75) is 263 Å². The number of carbonyl (C=O) groups is 17. The maximum atomic E-state index is 11.7. The summed E-state index contributed by atoms with van der Waals surface area (Å²) < 4.78 is 128. The van der Waals surface area contributed by atoms with E-state index in [1.807, 2.05) is 13.8 Å². The molecule has 0 bridgehead atoms. The zero-order valence-electron chi connectivity index (χ0n) is 76.5. The van der Waals surface area contributed by atoms with E-state index in [1.54, 1.807) is 0 Å². The summed E-state index contributed by atoms with van der Waals surface area (Å²) in [4.78, 5) is 188. The molecule has 14 heterocycles. The topological polar surface area (TPSA) is 714 Å². The Morgan fingerprint density at radius 2 is 0.400 bits per heavy atom. The highest BCUT2D eigenvalue weighted by Crippen LogP contribution is 2.38. The van der Waals surface area contributed by atoms with Gasteiger partial charge in [0.2, 0.25) is 0 Å². The van der Waals surface area contributed by atoms with Crippen LogP contribution in [0.15, 0.2) is 85.6 Å². The van der Waals surface area contributed by atoms with E-state index >= 15 is 0 Å². The van der Waals surface area contributed by atoms with Gasteiger partial charge in [-0.2, -0.15) is 0 Å². The van der Waals surface area contributed by atoms with E-state index in [0.717, 1.165) is 42.5 Å². The number of aliphatic hydroxyl groups excluding tert-OH is 5. The normalized spacial score (nSPS) is 32.0. The summed E-state index contributed by atoms with van der Waals surface area (Å²) in [6.45, 7) is 19.7. The molecule has 0 amide bonds. The minimum atomic E-state index is -1.27. The van der Waals surface area contributed by atoms with Crippen LogP contribution in [0.25, 0.3) is 0 Å². The first-order valence-electron chi connectivity index (χ1n) is 44.3. The molecule has 14 rings (SSSR count). The number of aliphatic hydroxyl groups is 5. The number of hydrogen-bond acceptors (Lipinski definition) is 46. The number of fused-ring (bicyclic) bond motifs is 7. The quantitative estimate of drug-likeness (QED) is 0.0161. The Balaban J connectivity index is 0.000000201. The first kappa shape index (κ1) is 114. The van der Waals surface area contributed by atoms with Gasteiger partial charge in [-0.1, -0.05) is 33.6 Å². The summed E-state index contributed by atoms with van der Waals surface area (Å²) >= 11 is 0. The number of rotatable bonds is 36. The highest BCUT2D eigenvalue weighted by Gasteiger charge is 2.56. The van der Waals surface area contributed by atoms with Crippen LogP contribution in [0, 0.1) is 11.8 Å². The van der Waals surface area contributed by atoms with Crippen LogP contribution >= 0.6 is 0 Å². The number of hydrogen-bond donors (Lipinski definition) is 10. The lowest BCUT2D eigenvalue weighted by molar-refractivity contribution is -0.157. The highest BCUT2D eigenvalue weighted by molar-refractivity contribution is 5.95. The molecule has 778 valence electrons. The molecule has 28 atom stereocenters. The van der Waals surface area contributed by atoms with Gasteiger partial charge in [0.15, 0.2) is 72.6 Å². The Labute approximate surface area is 797 Å². The number of ketones is 2. The maximum absolute atomic E-state index is 11.7. The number of aliphatic carboxylic acids is 5. The molecule has 51 nitrogen and oxygen atoms in total. The van der Waals surface area contributed by atoms with Gasteiger partial charge >= 0.3 is 89.5 Å². The summed E-state index contributed by atoms with van der Waals surface area (Å²) in [5.41, 5.74) is 0. The van der Waals surface area contributed by atoms with Gasteiger partial charge < -0.3 is 165 Å². The summed E-state index contributed by atoms with van der Waals surface area (Å²) in [6, 6.07) is 0. The molecule has 14 aliphatic rings. The predicted molar refractivity (Wildman–Crippen MR) is 452 cm³/mol.